The van der Waals surface area contributed by atoms with Crippen molar-refractivity contribution in [1.29, 1.82) is 0 Å². The summed E-state index contributed by atoms with van der Waals surface area (Å²) in [6.45, 7) is 2.53. The van der Waals surface area contributed by atoms with Gasteiger partial charge in [-0.3, -0.25) is 9.59 Å². The lowest BCUT2D eigenvalue weighted by Gasteiger charge is -2.01. The number of H-pyrrole nitrogens is 1. The molecule has 0 aliphatic rings. The van der Waals surface area contributed by atoms with Crippen LogP contribution < -0.4 is 19.5 Å². The molecule has 1 N–H and O–H groups in total. The fourth-order valence-corrected chi connectivity index (χ4v) is 3.00. The summed E-state index contributed by atoms with van der Waals surface area (Å²) in [6, 6.07) is 10.7. The van der Waals surface area contributed by atoms with E-state index in [0.29, 0.717) is 15.8 Å². The Morgan fingerprint density at radius 2 is 2.08 bits per heavy atom. The Bertz CT molecular complexity index is 995. The van der Waals surface area contributed by atoms with Crippen molar-refractivity contribution in [2.75, 3.05) is 6.61 Å². The van der Waals surface area contributed by atoms with Crippen molar-refractivity contribution in [1.82, 2.24) is 4.98 Å². The van der Waals surface area contributed by atoms with Crippen LogP contribution in [0.2, 0.25) is 0 Å². The van der Waals surface area contributed by atoms with E-state index in [2.05, 4.69) is 4.98 Å². The zero-order valence-electron chi connectivity index (χ0n) is 12.9. The van der Waals surface area contributed by atoms with Crippen LogP contribution >= 0.6 is 11.3 Å². The lowest BCUT2D eigenvalue weighted by molar-refractivity contribution is 0.103. The Hall–Kier alpha value is -2.86. The van der Waals surface area contributed by atoms with Gasteiger partial charge < -0.3 is 14.1 Å². The molecule has 0 spiro atoms. The van der Waals surface area contributed by atoms with E-state index in [1.54, 1.807) is 18.2 Å². The Kier molecular flexibility index (Phi) is 4.77. The van der Waals surface area contributed by atoms with Crippen molar-refractivity contribution in [3.05, 3.63) is 73.5 Å². The monoisotopic (exact) mass is 341 g/mol. The van der Waals surface area contributed by atoms with Gasteiger partial charge in [0.1, 0.15) is 5.75 Å². The third-order valence-corrected chi connectivity index (χ3v) is 4.16. The lowest BCUT2D eigenvalue weighted by atomic mass is 10.2. The molecule has 0 aliphatic carbocycles. The number of carbonyl (C=O) groups excluding carboxylic acids is 1. The average Bonchev–Trinajstić information content (AvgIpc) is 3.20. The number of furan rings is 1. The zero-order valence-corrected chi connectivity index (χ0v) is 13.8. The molecule has 0 atom stereocenters. The number of Topliss-reactive ketones (excluding diaryl/α,β-unsaturated/α-hetero) is 1. The van der Waals surface area contributed by atoms with Crippen molar-refractivity contribution < 1.29 is 13.9 Å². The standard InChI is InChI=1S/C18H15NO4S/c1-2-22-13-7-5-12(6-8-13)10-16-18(21)19-17(24-16)11-14(20)15-4-3-9-23-15/h3-11H,2H2,1H3,(H,19,21)/b16-10+,17-11-. The molecular weight excluding hydrogens is 326 g/mol. The normalized spacial score (nSPS) is 12.5. The molecule has 3 aromatic rings. The van der Waals surface area contributed by atoms with Gasteiger partial charge in [0.25, 0.3) is 5.56 Å². The summed E-state index contributed by atoms with van der Waals surface area (Å²) in [4.78, 5) is 26.7. The fourth-order valence-electron chi connectivity index (χ4n) is 2.11. The van der Waals surface area contributed by atoms with E-state index in [9.17, 15) is 9.59 Å². The minimum atomic E-state index is -0.287. The van der Waals surface area contributed by atoms with E-state index in [4.69, 9.17) is 9.15 Å². The summed E-state index contributed by atoms with van der Waals surface area (Å²) in [5, 5.41) is 0. The Morgan fingerprint density at radius 3 is 2.75 bits per heavy atom. The molecule has 0 unspecified atom stereocenters. The first-order valence-corrected chi connectivity index (χ1v) is 8.20. The van der Waals surface area contributed by atoms with Crippen molar-refractivity contribution in [2.24, 2.45) is 0 Å². The van der Waals surface area contributed by atoms with E-state index in [1.807, 2.05) is 31.2 Å². The maximum absolute atomic E-state index is 12.0. The molecule has 5 nitrogen and oxygen atoms in total. The highest BCUT2D eigenvalue weighted by Crippen LogP contribution is 2.12. The predicted octanol–water partition coefficient (Wildman–Crippen LogP) is 1.92. The number of thiazole rings is 1. The number of ketones is 1. The molecule has 3 rings (SSSR count). The number of ether oxygens (including phenoxy) is 1. The van der Waals surface area contributed by atoms with Crippen LogP contribution in [0.25, 0.3) is 12.2 Å². The largest absolute Gasteiger partial charge is 0.494 e. The van der Waals surface area contributed by atoms with Gasteiger partial charge in [-0.25, -0.2) is 0 Å². The SMILES string of the molecule is CCOc1ccc(/C=c2/s/c(=C\C(=O)c3ccco3)[nH]c2=O)cc1. The highest BCUT2D eigenvalue weighted by molar-refractivity contribution is 7.07. The molecular formula is C18H15NO4S. The van der Waals surface area contributed by atoms with E-state index in [0.717, 1.165) is 11.3 Å². The number of benzene rings is 1. The smallest absolute Gasteiger partial charge is 0.266 e. The van der Waals surface area contributed by atoms with E-state index in [1.165, 1.54) is 23.7 Å². The van der Waals surface area contributed by atoms with Crippen LogP contribution in [-0.2, 0) is 0 Å². The highest BCUT2D eigenvalue weighted by atomic mass is 32.1. The molecule has 0 radical (unpaired) electrons. The van der Waals surface area contributed by atoms with Gasteiger partial charge in [-0.15, -0.1) is 11.3 Å². The van der Waals surface area contributed by atoms with Gasteiger partial charge >= 0.3 is 0 Å². The van der Waals surface area contributed by atoms with Gasteiger partial charge in [0.05, 0.1) is 22.1 Å². The third-order valence-electron chi connectivity index (χ3n) is 3.20. The minimum absolute atomic E-state index is 0.229. The van der Waals surface area contributed by atoms with Crippen LogP contribution in [0.1, 0.15) is 23.0 Å². The first kappa shape index (κ1) is 16.0. The Balaban J connectivity index is 1.91. The summed E-state index contributed by atoms with van der Waals surface area (Å²) < 4.78 is 11.4. The first-order chi connectivity index (χ1) is 11.7. The highest BCUT2D eigenvalue weighted by Gasteiger charge is 2.05. The van der Waals surface area contributed by atoms with Crippen molar-refractivity contribution in [3.63, 3.8) is 0 Å². The second-order valence-electron chi connectivity index (χ2n) is 4.92. The van der Waals surface area contributed by atoms with Crippen LogP contribution in [-0.4, -0.2) is 17.4 Å². The van der Waals surface area contributed by atoms with Crippen LogP contribution in [0.15, 0.2) is 51.9 Å². The molecule has 122 valence electrons. The molecule has 0 saturated carbocycles. The molecule has 0 aliphatic heterocycles. The second-order valence-corrected chi connectivity index (χ2v) is 6.00. The Morgan fingerprint density at radius 1 is 1.29 bits per heavy atom. The van der Waals surface area contributed by atoms with E-state index < -0.39 is 0 Å². The zero-order chi connectivity index (χ0) is 16.9. The number of hydrogen-bond donors (Lipinski definition) is 1. The third kappa shape index (κ3) is 3.72. The van der Waals surface area contributed by atoms with Gasteiger partial charge in [0, 0.05) is 6.08 Å². The van der Waals surface area contributed by atoms with Crippen molar-refractivity contribution >= 4 is 29.3 Å². The molecule has 0 bridgehead atoms. The predicted molar refractivity (Wildman–Crippen MR) is 92.9 cm³/mol. The van der Waals surface area contributed by atoms with Gasteiger partial charge in [-0.1, -0.05) is 12.1 Å². The maximum atomic E-state index is 12.0. The number of carbonyl (C=O) groups is 1. The number of aromatic nitrogens is 1. The van der Waals surface area contributed by atoms with Crippen LogP contribution in [0, 0.1) is 0 Å². The lowest BCUT2D eigenvalue weighted by Crippen LogP contribution is -2.19. The topological polar surface area (TPSA) is 72.3 Å². The second kappa shape index (κ2) is 7.14. The molecule has 24 heavy (non-hydrogen) atoms. The van der Waals surface area contributed by atoms with Gasteiger partial charge in [-0.2, -0.15) is 0 Å². The summed E-state index contributed by atoms with van der Waals surface area (Å²) in [6.07, 6.45) is 4.57. The Labute approximate surface area is 141 Å². The van der Waals surface area contributed by atoms with E-state index >= 15 is 0 Å². The molecule has 0 saturated heterocycles. The summed E-state index contributed by atoms with van der Waals surface area (Å²) in [7, 11) is 0. The first-order valence-electron chi connectivity index (χ1n) is 7.39. The quantitative estimate of drug-likeness (QED) is 0.720. The van der Waals surface area contributed by atoms with Gasteiger partial charge in [0.15, 0.2) is 5.76 Å². The molecule has 2 aromatic heterocycles. The number of hydrogen-bond acceptors (Lipinski definition) is 5. The van der Waals surface area contributed by atoms with E-state index in [-0.39, 0.29) is 17.1 Å². The van der Waals surface area contributed by atoms with Crippen LogP contribution in [0.4, 0.5) is 0 Å². The number of nitrogens with one attached hydrogen (secondary N) is 1. The number of rotatable bonds is 5. The van der Waals surface area contributed by atoms with Crippen molar-refractivity contribution in [3.8, 4) is 5.75 Å². The van der Waals surface area contributed by atoms with Crippen LogP contribution in [0.5, 0.6) is 5.75 Å². The fraction of sp³-hybridized carbons (Fsp3) is 0.111. The average molecular weight is 341 g/mol. The molecule has 2 heterocycles. The summed E-state index contributed by atoms with van der Waals surface area (Å²) in [5.74, 6) is 0.735. The van der Waals surface area contributed by atoms with Crippen molar-refractivity contribution in [2.45, 2.75) is 6.92 Å². The minimum Gasteiger partial charge on any atom is -0.494 e. The number of aromatic amines is 1. The van der Waals surface area contributed by atoms with Crippen LogP contribution in [0.3, 0.4) is 0 Å². The summed E-state index contributed by atoms with van der Waals surface area (Å²) in [5.41, 5.74) is 0.655. The van der Waals surface area contributed by atoms with Gasteiger partial charge in [0.2, 0.25) is 5.78 Å². The molecule has 0 fully saturated rings. The molecule has 0 amide bonds. The molecule has 6 heteroatoms. The van der Waals surface area contributed by atoms with Gasteiger partial charge in [-0.05, 0) is 42.8 Å². The maximum Gasteiger partial charge on any atom is 0.266 e. The molecule has 1 aromatic carbocycles. The summed E-state index contributed by atoms with van der Waals surface area (Å²) >= 11 is 1.22.